The monoisotopic (exact) mass is 475 g/mol. The Labute approximate surface area is 200 Å². The predicted octanol–water partition coefficient (Wildman–Crippen LogP) is 4.02. The number of anilines is 1. The molecule has 0 radical (unpaired) electrons. The van der Waals surface area contributed by atoms with E-state index in [4.69, 9.17) is 16.3 Å². The molecule has 1 aliphatic rings. The highest BCUT2D eigenvalue weighted by Crippen LogP contribution is 2.44. The van der Waals surface area contributed by atoms with Crippen molar-refractivity contribution in [2.45, 2.75) is 25.3 Å². The van der Waals surface area contributed by atoms with E-state index in [0.717, 1.165) is 33.6 Å². The van der Waals surface area contributed by atoms with Crippen LogP contribution in [0.4, 0.5) is 9.93 Å². The van der Waals surface area contributed by atoms with Crippen molar-refractivity contribution in [1.82, 2.24) is 10.3 Å². The van der Waals surface area contributed by atoms with Gasteiger partial charge in [-0.1, -0.05) is 59.9 Å². The van der Waals surface area contributed by atoms with Gasteiger partial charge in [0.15, 0.2) is 5.13 Å². The highest BCUT2D eigenvalue weighted by Gasteiger charge is 2.29. The second-order valence-electron chi connectivity index (χ2n) is 7.66. The molecular formula is C25H21N3O5S. The summed E-state index contributed by atoms with van der Waals surface area (Å²) in [5, 5.41) is 14.3. The second kappa shape index (κ2) is 9.77. The van der Waals surface area contributed by atoms with Gasteiger partial charge in [0.2, 0.25) is 0 Å². The summed E-state index contributed by atoms with van der Waals surface area (Å²) in [6.07, 6.45) is 4.32. The van der Waals surface area contributed by atoms with Gasteiger partial charge in [0.25, 0.3) is 5.91 Å². The minimum Gasteiger partial charge on any atom is -0.480 e. The number of amides is 2. The van der Waals surface area contributed by atoms with Gasteiger partial charge in [0, 0.05) is 12.3 Å². The average Bonchev–Trinajstić information content (AvgIpc) is 3.34. The van der Waals surface area contributed by atoms with Gasteiger partial charge in [-0.2, -0.15) is 0 Å². The zero-order valence-electron chi connectivity index (χ0n) is 18.2. The van der Waals surface area contributed by atoms with Gasteiger partial charge in [0.05, 0.1) is 5.69 Å². The Bertz CT molecular complexity index is 1260. The maximum absolute atomic E-state index is 12.5. The Morgan fingerprint density at radius 1 is 1.15 bits per heavy atom. The van der Waals surface area contributed by atoms with Crippen LogP contribution < -0.4 is 10.6 Å². The second-order valence-corrected chi connectivity index (χ2v) is 8.66. The number of nitrogens with zero attached hydrogens (tertiary/aromatic N) is 1. The third-order valence-electron chi connectivity index (χ3n) is 5.48. The molecule has 1 heterocycles. The quantitative estimate of drug-likeness (QED) is 0.444. The van der Waals surface area contributed by atoms with Crippen molar-refractivity contribution < 1.29 is 24.2 Å². The summed E-state index contributed by atoms with van der Waals surface area (Å²) in [6, 6.07) is 14.8. The fourth-order valence-corrected chi connectivity index (χ4v) is 4.78. The number of aliphatic carboxylic acids is 1. The van der Waals surface area contributed by atoms with Crippen LogP contribution in [0.1, 0.15) is 38.8 Å². The van der Waals surface area contributed by atoms with Crippen molar-refractivity contribution in [3.63, 3.8) is 0 Å². The number of terminal acetylenes is 1. The highest BCUT2D eigenvalue weighted by atomic mass is 32.1. The Morgan fingerprint density at radius 2 is 1.76 bits per heavy atom. The van der Waals surface area contributed by atoms with E-state index in [1.54, 1.807) is 6.92 Å². The van der Waals surface area contributed by atoms with Gasteiger partial charge in [-0.25, -0.2) is 14.6 Å². The number of aryl methyl sites for hydroxylation is 1. The first-order valence-electron chi connectivity index (χ1n) is 10.5. The Hall–Kier alpha value is -4.16. The molecule has 2 amide bonds. The van der Waals surface area contributed by atoms with Gasteiger partial charge in [-0.3, -0.25) is 10.1 Å². The highest BCUT2D eigenvalue weighted by molar-refractivity contribution is 7.17. The van der Waals surface area contributed by atoms with Crippen LogP contribution >= 0.6 is 11.3 Å². The number of rotatable bonds is 7. The first-order valence-corrected chi connectivity index (χ1v) is 11.3. The first kappa shape index (κ1) is 23.0. The van der Waals surface area contributed by atoms with E-state index in [-0.39, 0.29) is 29.0 Å². The summed E-state index contributed by atoms with van der Waals surface area (Å²) in [7, 11) is 0. The smallest absolute Gasteiger partial charge is 0.413 e. The van der Waals surface area contributed by atoms with E-state index in [9.17, 15) is 14.4 Å². The van der Waals surface area contributed by atoms with Gasteiger partial charge < -0.3 is 15.2 Å². The normalized spacial score (nSPS) is 12.7. The number of carbonyl (C=O) groups excluding carboxylic acids is 2. The first-order chi connectivity index (χ1) is 16.4. The Kier molecular flexibility index (Phi) is 6.61. The van der Waals surface area contributed by atoms with Crippen molar-refractivity contribution in [2.24, 2.45) is 0 Å². The van der Waals surface area contributed by atoms with E-state index < -0.39 is 24.0 Å². The van der Waals surface area contributed by atoms with E-state index in [2.05, 4.69) is 33.7 Å². The number of thiazole rings is 1. The molecule has 1 aliphatic carbocycles. The molecule has 0 saturated heterocycles. The lowest BCUT2D eigenvalue weighted by molar-refractivity contribution is -0.139. The predicted molar refractivity (Wildman–Crippen MR) is 128 cm³/mol. The van der Waals surface area contributed by atoms with Crippen LogP contribution in [-0.4, -0.2) is 40.7 Å². The molecule has 3 aromatic rings. The Balaban J connectivity index is 1.41. The molecule has 172 valence electrons. The molecule has 1 aromatic heterocycles. The lowest BCUT2D eigenvalue weighted by Gasteiger charge is -2.14. The molecule has 2 aromatic carbocycles. The molecule has 0 bridgehead atoms. The van der Waals surface area contributed by atoms with Gasteiger partial charge >= 0.3 is 12.1 Å². The Morgan fingerprint density at radius 3 is 2.35 bits per heavy atom. The zero-order valence-corrected chi connectivity index (χ0v) is 19.0. The van der Waals surface area contributed by atoms with Crippen molar-refractivity contribution in [1.29, 1.82) is 0 Å². The van der Waals surface area contributed by atoms with Gasteiger partial charge in [-0.15, -0.1) is 12.3 Å². The summed E-state index contributed by atoms with van der Waals surface area (Å²) in [5.74, 6) is 0.281. The molecule has 0 fully saturated rings. The van der Waals surface area contributed by atoms with Crippen LogP contribution in [0.15, 0.2) is 48.5 Å². The van der Waals surface area contributed by atoms with Gasteiger partial charge in [0.1, 0.15) is 17.5 Å². The number of nitrogens with one attached hydrogen (secondary N) is 2. The van der Waals surface area contributed by atoms with E-state index >= 15 is 0 Å². The molecule has 1 atom stereocenters. The lowest BCUT2D eigenvalue weighted by Crippen LogP contribution is -2.40. The van der Waals surface area contributed by atoms with E-state index in [1.165, 1.54) is 0 Å². The molecular weight excluding hydrogens is 454 g/mol. The number of ether oxygens (including phenoxy) is 1. The van der Waals surface area contributed by atoms with Crippen molar-refractivity contribution >= 4 is 34.4 Å². The number of carboxylic acid groups (broad SMARTS) is 1. The minimum absolute atomic E-state index is 0.0818. The van der Waals surface area contributed by atoms with Crippen LogP contribution in [0.5, 0.6) is 0 Å². The summed E-state index contributed by atoms with van der Waals surface area (Å²) in [5.41, 5.74) is 4.80. The van der Waals surface area contributed by atoms with Crippen LogP contribution in [0.2, 0.25) is 0 Å². The fourth-order valence-electron chi connectivity index (χ4n) is 3.92. The molecule has 0 spiro atoms. The number of benzene rings is 2. The van der Waals surface area contributed by atoms with Crippen molar-refractivity contribution in [3.05, 3.63) is 70.2 Å². The largest absolute Gasteiger partial charge is 0.480 e. The maximum atomic E-state index is 12.5. The third-order valence-corrected chi connectivity index (χ3v) is 6.55. The molecule has 3 N–H and O–H groups in total. The topological polar surface area (TPSA) is 118 Å². The number of hydrogen-bond acceptors (Lipinski definition) is 6. The van der Waals surface area contributed by atoms with E-state index in [1.807, 2.05) is 36.4 Å². The molecule has 0 saturated carbocycles. The number of hydrogen-bond donors (Lipinski definition) is 3. The van der Waals surface area contributed by atoms with Crippen LogP contribution in [0.3, 0.4) is 0 Å². The third kappa shape index (κ3) is 4.63. The summed E-state index contributed by atoms with van der Waals surface area (Å²) >= 11 is 0.923. The summed E-state index contributed by atoms with van der Waals surface area (Å²) in [6.45, 7) is 1.73. The van der Waals surface area contributed by atoms with E-state index in [0.29, 0.717) is 5.69 Å². The maximum Gasteiger partial charge on any atom is 0.413 e. The molecule has 0 aliphatic heterocycles. The van der Waals surface area contributed by atoms with Crippen LogP contribution in [0.25, 0.3) is 11.1 Å². The number of carbonyl (C=O) groups is 3. The minimum atomic E-state index is -1.23. The SMILES string of the molecule is C#CCC(NC(=O)c1sc(NC(=O)OCC2c3ccccc3-c3ccccc32)nc1C)C(=O)O. The molecule has 8 nitrogen and oxygen atoms in total. The van der Waals surface area contributed by atoms with Crippen molar-refractivity contribution in [2.75, 3.05) is 11.9 Å². The average molecular weight is 476 g/mol. The van der Waals surface area contributed by atoms with Crippen LogP contribution in [-0.2, 0) is 9.53 Å². The van der Waals surface area contributed by atoms with Gasteiger partial charge in [-0.05, 0) is 29.2 Å². The molecule has 4 rings (SSSR count). The molecule has 34 heavy (non-hydrogen) atoms. The van der Waals surface area contributed by atoms with Crippen molar-refractivity contribution in [3.8, 4) is 23.5 Å². The number of fused-ring (bicyclic) bond motifs is 3. The summed E-state index contributed by atoms with van der Waals surface area (Å²) < 4.78 is 5.50. The molecule has 9 heteroatoms. The zero-order chi connectivity index (χ0) is 24.2. The summed E-state index contributed by atoms with van der Waals surface area (Å²) in [4.78, 5) is 40.5. The number of aromatic nitrogens is 1. The molecule has 1 unspecified atom stereocenters. The fraction of sp³-hybridized carbons (Fsp3) is 0.200. The standard InChI is InChI=1S/C25H21N3O5S/c1-3-8-20(23(30)31)27-22(29)21-14(2)26-24(34-21)28-25(32)33-13-19-17-11-6-4-9-15(17)16-10-5-7-12-18(16)19/h1,4-7,9-12,19-20H,8,13H2,2H3,(H,27,29)(H,30,31)(H,26,28,32). The van der Waals surface area contributed by atoms with Crippen LogP contribution in [0, 0.1) is 19.3 Å². The lowest BCUT2D eigenvalue weighted by atomic mass is 9.98. The number of carboxylic acids is 1.